The fourth-order valence-corrected chi connectivity index (χ4v) is 3.44. The summed E-state index contributed by atoms with van der Waals surface area (Å²) >= 11 is 1.11. The van der Waals surface area contributed by atoms with Gasteiger partial charge in [-0.1, -0.05) is 25.1 Å². The number of hydrogen-bond donors (Lipinski definition) is 2. The Morgan fingerprint density at radius 1 is 1.28 bits per heavy atom. The molecule has 7 nitrogen and oxygen atoms in total. The van der Waals surface area contributed by atoms with Gasteiger partial charge in [0.25, 0.3) is 5.56 Å². The number of aromatic carboxylic acids is 1. The number of carboxylic acids is 1. The highest BCUT2D eigenvalue weighted by Gasteiger charge is 2.20. The molecule has 25 heavy (non-hydrogen) atoms. The first-order valence-corrected chi connectivity index (χ1v) is 8.48. The molecule has 0 saturated heterocycles. The van der Waals surface area contributed by atoms with E-state index in [1.807, 2.05) is 13.0 Å². The number of aromatic nitrogens is 2. The van der Waals surface area contributed by atoms with E-state index in [1.165, 1.54) is 9.95 Å². The maximum Gasteiger partial charge on any atom is 0.337 e. The third-order valence-corrected chi connectivity index (χ3v) is 4.55. The zero-order valence-corrected chi connectivity index (χ0v) is 14.2. The van der Waals surface area contributed by atoms with Crippen LogP contribution in [-0.4, -0.2) is 26.5 Å². The summed E-state index contributed by atoms with van der Waals surface area (Å²) in [7, 11) is 0. The number of hydrogen-bond acceptors (Lipinski definition) is 5. The average molecular weight is 357 g/mol. The van der Waals surface area contributed by atoms with Gasteiger partial charge in [0, 0.05) is 17.5 Å². The number of fused-ring (bicyclic) bond motifs is 1. The van der Waals surface area contributed by atoms with E-state index in [0.29, 0.717) is 22.8 Å². The third kappa shape index (κ3) is 3.29. The van der Waals surface area contributed by atoms with E-state index in [4.69, 9.17) is 0 Å². The summed E-state index contributed by atoms with van der Waals surface area (Å²) in [5.41, 5.74) is 0.0236. The van der Waals surface area contributed by atoms with Crippen LogP contribution >= 0.6 is 11.3 Å². The number of benzene rings is 1. The van der Waals surface area contributed by atoms with E-state index < -0.39 is 11.5 Å². The van der Waals surface area contributed by atoms with E-state index >= 15 is 0 Å². The maximum atomic E-state index is 12.8. The molecule has 0 aliphatic rings. The molecule has 0 atom stereocenters. The molecule has 0 aliphatic carbocycles. The van der Waals surface area contributed by atoms with Crippen molar-refractivity contribution < 1.29 is 14.7 Å². The summed E-state index contributed by atoms with van der Waals surface area (Å²) < 4.78 is 1.24. The molecular weight excluding hydrogens is 342 g/mol. The molecule has 3 aromatic rings. The number of thiophene rings is 1. The predicted octanol–water partition coefficient (Wildman–Crippen LogP) is 2.36. The van der Waals surface area contributed by atoms with Gasteiger partial charge in [0.2, 0.25) is 5.91 Å². The van der Waals surface area contributed by atoms with Crippen LogP contribution in [0.4, 0.5) is 5.69 Å². The lowest BCUT2D eigenvalue weighted by Crippen LogP contribution is -2.31. The van der Waals surface area contributed by atoms with Gasteiger partial charge in [-0.25, -0.2) is 9.78 Å². The molecule has 2 heterocycles. The summed E-state index contributed by atoms with van der Waals surface area (Å²) in [5, 5.41) is 13.4. The Morgan fingerprint density at radius 3 is 2.64 bits per heavy atom. The van der Waals surface area contributed by atoms with Gasteiger partial charge in [-0.3, -0.25) is 14.2 Å². The van der Waals surface area contributed by atoms with Crippen molar-refractivity contribution in [3.05, 3.63) is 57.5 Å². The SMILES string of the molecule is CCc1nc2scc(C(=O)O)c2c(=O)n1CC(=O)Nc1ccccc1. The minimum Gasteiger partial charge on any atom is -0.478 e. The normalized spacial score (nSPS) is 10.8. The minimum atomic E-state index is -1.19. The second-order valence-corrected chi connectivity index (χ2v) is 6.18. The minimum absolute atomic E-state index is 0.0437. The first kappa shape index (κ1) is 16.8. The van der Waals surface area contributed by atoms with Crippen LogP contribution in [0.25, 0.3) is 10.2 Å². The lowest BCUT2D eigenvalue weighted by atomic mass is 10.2. The topological polar surface area (TPSA) is 101 Å². The van der Waals surface area contributed by atoms with E-state index in [1.54, 1.807) is 24.3 Å². The third-order valence-electron chi connectivity index (χ3n) is 3.68. The quantitative estimate of drug-likeness (QED) is 0.730. The molecule has 0 fully saturated rings. The fraction of sp³-hybridized carbons (Fsp3) is 0.176. The van der Waals surface area contributed by atoms with Crippen molar-refractivity contribution in [1.82, 2.24) is 9.55 Å². The molecule has 0 saturated carbocycles. The number of carboxylic acid groups (broad SMARTS) is 1. The van der Waals surface area contributed by atoms with Crippen LogP contribution in [0, 0.1) is 0 Å². The molecule has 2 N–H and O–H groups in total. The largest absolute Gasteiger partial charge is 0.478 e. The molecule has 1 amide bonds. The molecule has 2 aromatic heterocycles. The van der Waals surface area contributed by atoms with E-state index in [9.17, 15) is 19.5 Å². The number of carbonyl (C=O) groups excluding carboxylic acids is 1. The number of rotatable bonds is 5. The van der Waals surface area contributed by atoms with Crippen LogP contribution < -0.4 is 10.9 Å². The Bertz CT molecular complexity index is 1010. The second kappa shape index (κ2) is 6.86. The van der Waals surface area contributed by atoms with E-state index in [-0.39, 0.29) is 23.4 Å². The monoisotopic (exact) mass is 357 g/mol. The average Bonchev–Trinajstić information content (AvgIpc) is 3.02. The van der Waals surface area contributed by atoms with Crippen LogP contribution in [0.1, 0.15) is 23.1 Å². The zero-order chi connectivity index (χ0) is 18.0. The predicted molar refractivity (Wildman–Crippen MR) is 95.3 cm³/mol. The lowest BCUT2D eigenvalue weighted by Gasteiger charge is -2.11. The van der Waals surface area contributed by atoms with Crippen LogP contribution in [0.5, 0.6) is 0 Å². The highest BCUT2D eigenvalue weighted by atomic mass is 32.1. The van der Waals surface area contributed by atoms with Crippen LogP contribution in [0.15, 0.2) is 40.5 Å². The summed E-state index contributed by atoms with van der Waals surface area (Å²) in [5.74, 6) is -1.12. The summed E-state index contributed by atoms with van der Waals surface area (Å²) in [6, 6.07) is 8.89. The molecule has 0 aliphatic heterocycles. The van der Waals surface area contributed by atoms with E-state index in [2.05, 4.69) is 10.3 Å². The highest BCUT2D eigenvalue weighted by molar-refractivity contribution is 7.17. The van der Waals surface area contributed by atoms with Crippen molar-refractivity contribution in [2.75, 3.05) is 5.32 Å². The molecule has 128 valence electrons. The van der Waals surface area contributed by atoms with Gasteiger partial charge in [-0.2, -0.15) is 0 Å². The number of anilines is 1. The number of aryl methyl sites for hydroxylation is 1. The maximum absolute atomic E-state index is 12.8. The number of para-hydroxylation sites is 1. The Kier molecular flexibility index (Phi) is 4.62. The van der Waals surface area contributed by atoms with Crippen LogP contribution in [-0.2, 0) is 17.8 Å². The number of nitrogens with one attached hydrogen (secondary N) is 1. The molecule has 8 heteroatoms. The van der Waals surface area contributed by atoms with Crippen LogP contribution in [0.3, 0.4) is 0 Å². The highest BCUT2D eigenvalue weighted by Crippen LogP contribution is 2.22. The standard InChI is InChI=1S/C17H15N3O4S/c1-2-12-19-15-14(11(9-25-15)17(23)24)16(22)20(12)8-13(21)18-10-6-4-3-5-7-10/h3-7,9H,2,8H2,1H3,(H,18,21)(H,23,24). The van der Waals surface area contributed by atoms with Gasteiger partial charge in [-0.05, 0) is 12.1 Å². The van der Waals surface area contributed by atoms with Crippen molar-refractivity contribution in [1.29, 1.82) is 0 Å². The van der Waals surface area contributed by atoms with Gasteiger partial charge in [0.15, 0.2) is 0 Å². The number of nitrogens with zero attached hydrogens (tertiary/aromatic N) is 2. The van der Waals surface area contributed by atoms with Gasteiger partial charge < -0.3 is 10.4 Å². The Morgan fingerprint density at radius 2 is 2.00 bits per heavy atom. The molecule has 0 spiro atoms. The van der Waals surface area contributed by atoms with Crippen molar-refractivity contribution in [3.63, 3.8) is 0 Å². The van der Waals surface area contributed by atoms with Gasteiger partial charge >= 0.3 is 5.97 Å². The molecule has 1 aromatic carbocycles. The number of carbonyl (C=O) groups is 2. The lowest BCUT2D eigenvalue weighted by molar-refractivity contribution is -0.116. The first-order chi connectivity index (χ1) is 12.0. The van der Waals surface area contributed by atoms with Crippen molar-refractivity contribution >= 4 is 39.1 Å². The van der Waals surface area contributed by atoms with Gasteiger partial charge in [-0.15, -0.1) is 11.3 Å². The second-order valence-electron chi connectivity index (χ2n) is 5.32. The Labute approximate surface area is 146 Å². The van der Waals surface area contributed by atoms with Gasteiger partial charge in [0.05, 0.1) is 10.9 Å². The summed E-state index contributed by atoms with van der Waals surface area (Å²) in [6.07, 6.45) is 0.449. The summed E-state index contributed by atoms with van der Waals surface area (Å²) in [6.45, 7) is 1.60. The van der Waals surface area contributed by atoms with E-state index in [0.717, 1.165) is 11.3 Å². The Balaban J connectivity index is 2.01. The Hall–Kier alpha value is -3.00. The summed E-state index contributed by atoms with van der Waals surface area (Å²) in [4.78, 5) is 41.1. The zero-order valence-electron chi connectivity index (χ0n) is 13.4. The smallest absolute Gasteiger partial charge is 0.337 e. The van der Waals surface area contributed by atoms with Crippen molar-refractivity contribution in [2.45, 2.75) is 19.9 Å². The molecule has 3 rings (SSSR count). The van der Waals surface area contributed by atoms with Crippen molar-refractivity contribution in [2.24, 2.45) is 0 Å². The molecular formula is C17H15N3O4S. The van der Waals surface area contributed by atoms with Gasteiger partial charge in [0.1, 0.15) is 17.2 Å². The number of amides is 1. The fourth-order valence-electron chi connectivity index (χ4n) is 2.52. The molecule has 0 unspecified atom stereocenters. The van der Waals surface area contributed by atoms with Crippen LogP contribution in [0.2, 0.25) is 0 Å². The molecule has 0 radical (unpaired) electrons. The molecule has 0 bridgehead atoms. The van der Waals surface area contributed by atoms with Crippen molar-refractivity contribution in [3.8, 4) is 0 Å². The first-order valence-electron chi connectivity index (χ1n) is 7.60.